The smallest absolute Gasteiger partial charge is 0.303 e. The number of carboxylic acids is 1. The van der Waals surface area contributed by atoms with Crippen molar-refractivity contribution < 1.29 is 19.4 Å². The van der Waals surface area contributed by atoms with Gasteiger partial charge in [0.1, 0.15) is 0 Å². The number of rotatable bonds is 4. The van der Waals surface area contributed by atoms with Gasteiger partial charge in [-0.05, 0) is 24.0 Å². The average Bonchev–Trinajstić information content (AvgIpc) is 2.19. The molecule has 4 heteroatoms. The summed E-state index contributed by atoms with van der Waals surface area (Å²) in [6.45, 7) is 1.79. The molecule has 0 aliphatic carbocycles. The van der Waals surface area contributed by atoms with E-state index >= 15 is 0 Å². The van der Waals surface area contributed by atoms with E-state index in [2.05, 4.69) is 0 Å². The van der Waals surface area contributed by atoms with Gasteiger partial charge in [-0.3, -0.25) is 4.79 Å². The molecule has 0 saturated heterocycles. The standard InChI is InChI=1S/C11H13FO3/c1-2-7(6-10(14)15)8-4-3-5-9(13)11(8)12/h3-5,7,13H,2,6H2,1H3,(H,14,15)/t7-/m0/s1. The first kappa shape index (κ1) is 11.5. The Morgan fingerprint density at radius 3 is 2.73 bits per heavy atom. The van der Waals surface area contributed by atoms with E-state index in [9.17, 15) is 9.18 Å². The van der Waals surface area contributed by atoms with Crippen LogP contribution in [0.25, 0.3) is 0 Å². The third kappa shape index (κ3) is 2.68. The van der Waals surface area contributed by atoms with Gasteiger partial charge in [0, 0.05) is 0 Å². The van der Waals surface area contributed by atoms with E-state index in [0.717, 1.165) is 0 Å². The molecule has 0 aromatic heterocycles. The molecule has 0 saturated carbocycles. The molecule has 0 radical (unpaired) electrons. The highest BCUT2D eigenvalue weighted by Gasteiger charge is 2.18. The monoisotopic (exact) mass is 212 g/mol. The molecule has 0 aliphatic rings. The molecule has 0 spiro atoms. The Morgan fingerprint density at radius 1 is 1.53 bits per heavy atom. The fourth-order valence-corrected chi connectivity index (χ4v) is 1.54. The third-order valence-electron chi connectivity index (χ3n) is 2.36. The van der Waals surface area contributed by atoms with Gasteiger partial charge in [-0.15, -0.1) is 0 Å². The summed E-state index contributed by atoms with van der Waals surface area (Å²) in [6, 6.07) is 4.26. The Balaban J connectivity index is 3.01. The first-order chi connectivity index (χ1) is 7.06. The molecule has 3 nitrogen and oxygen atoms in total. The van der Waals surface area contributed by atoms with Crippen LogP contribution < -0.4 is 0 Å². The number of aliphatic carboxylic acids is 1. The zero-order valence-electron chi connectivity index (χ0n) is 8.40. The van der Waals surface area contributed by atoms with E-state index in [1.165, 1.54) is 18.2 Å². The molecule has 15 heavy (non-hydrogen) atoms. The molecular weight excluding hydrogens is 199 g/mol. The lowest BCUT2D eigenvalue weighted by molar-refractivity contribution is -0.137. The fraction of sp³-hybridized carbons (Fsp3) is 0.364. The van der Waals surface area contributed by atoms with E-state index in [4.69, 9.17) is 10.2 Å². The van der Waals surface area contributed by atoms with Crippen LogP contribution in [-0.2, 0) is 4.79 Å². The maximum atomic E-state index is 13.4. The van der Waals surface area contributed by atoms with Crippen LogP contribution in [0, 0.1) is 5.82 Å². The highest BCUT2D eigenvalue weighted by atomic mass is 19.1. The van der Waals surface area contributed by atoms with Gasteiger partial charge < -0.3 is 10.2 Å². The Kier molecular flexibility index (Phi) is 3.66. The number of benzene rings is 1. The fourth-order valence-electron chi connectivity index (χ4n) is 1.54. The van der Waals surface area contributed by atoms with Crippen LogP contribution in [0.15, 0.2) is 18.2 Å². The number of phenols is 1. The molecule has 1 aromatic carbocycles. The van der Waals surface area contributed by atoms with Crippen molar-refractivity contribution in [2.75, 3.05) is 0 Å². The lowest BCUT2D eigenvalue weighted by Gasteiger charge is -2.14. The van der Waals surface area contributed by atoms with Crippen molar-refractivity contribution in [1.82, 2.24) is 0 Å². The minimum absolute atomic E-state index is 0.128. The van der Waals surface area contributed by atoms with Crippen LogP contribution >= 0.6 is 0 Å². The van der Waals surface area contributed by atoms with Crippen molar-refractivity contribution >= 4 is 5.97 Å². The van der Waals surface area contributed by atoms with Gasteiger partial charge in [0.2, 0.25) is 0 Å². The molecule has 0 unspecified atom stereocenters. The van der Waals surface area contributed by atoms with Crippen LogP contribution in [0.2, 0.25) is 0 Å². The Morgan fingerprint density at radius 2 is 2.20 bits per heavy atom. The number of hydrogen-bond acceptors (Lipinski definition) is 2. The molecule has 0 heterocycles. The predicted octanol–water partition coefficient (Wildman–Crippen LogP) is 2.50. The Bertz CT molecular complexity index is 363. The van der Waals surface area contributed by atoms with E-state index in [0.29, 0.717) is 6.42 Å². The second-order valence-corrected chi connectivity index (χ2v) is 3.38. The highest BCUT2D eigenvalue weighted by Crippen LogP contribution is 2.29. The number of aromatic hydroxyl groups is 1. The van der Waals surface area contributed by atoms with Crippen LogP contribution in [-0.4, -0.2) is 16.2 Å². The molecule has 1 atom stereocenters. The summed E-state index contributed by atoms with van der Waals surface area (Å²) < 4.78 is 13.4. The zero-order valence-corrected chi connectivity index (χ0v) is 8.40. The van der Waals surface area contributed by atoms with Crippen molar-refractivity contribution in [3.05, 3.63) is 29.6 Å². The van der Waals surface area contributed by atoms with Gasteiger partial charge >= 0.3 is 5.97 Å². The van der Waals surface area contributed by atoms with E-state index in [-0.39, 0.29) is 12.0 Å². The van der Waals surface area contributed by atoms with Gasteiger partial charge in [-0.2, -0.15) is 0 Å². The molecule has 0 aliphatic heterocycles. The van der Waals surface area contributed by atoms with Gasteiger partial charge in [0.25, 0.3) is 0 Å². The van der Waals surface area contributed by atoms with Crippen molar-refractivity contribution in [3.63, 3.8) is 0 Å². The first-order valence-electron chi connectivity index (χ1n) is 4.75. The first-order valence-corrected chi connectivity index (χ1v) is 4.75. The molecule has 82 valence electrons. The summed E-state index contributed by atoms with van der Waals surface area (Å²) in [7, 11) is 0. The quantitative estimate of drug-likeness (QED) is 0.806. The lowest BCUT2D eigenvalue weighted by Crippen LogP contribution is -2.07. The third-order valence-corrected chi connectivity index (χ3v) is 2.36. The van der Waals surface area contributed by atoms with Crippen molar-refractivity contribution in [2.45, 2.75) is 25.7 Å². The Hall–Kier alpha value is -1.58. The topological polar surface area (TPSA) is 57.5 Å². The maximum absolute atomic E-state index is 13.4. The number of hydrogen-bond donors (Lipinski definition) is 2. The molecular formula is C11H13FO3. The zero-order chi connectivity index (χ0) is 11.4. The summed E-state index contributed by atoms with van der Waals surface area (Å²) in [6.07, 6.45) is 0.392. The normalized spacial score (nSPS) is 12.4. The number of carboxylic acid groups (broad SMARTS) is 1. The van der Waals surface area contributed by atoms with Crippen LogP contribution in [0.5, 0.6) is 5.75 Å². The summed E-state index contributed by atoms with van der Waals surface area (Å²) in [5, 5.41) is 17.8. The highest BCUT2D eigenvalue weighted by molar-refractivity contribution is 5.68. The predicted molar refractivity (Wildman–Crippen MR) is 53.3 cm³/mol. The molecule has 0 bridgehead atoms. The summed E-state index contributed by atoms with van der Waals surface area (Å²) in [4.78, 5) is 10.6. The number of halogens is 1. The second kappa shape index (κ2) is 4.77. The summed E-state index contributed by atoms with van der Waals surface area (Å²) >= 11 is 0. The molecule has 1 rings (SSSR count). The van der Waals surface area contributed by atoms with Crippen LogP contribution in [0.4, 0.5) is 4.39 Å². The molecule has 0 fully saturated rings. The minimum atomic E-state index is -0.968. The van der Waals surface area contributed by atoms with Gasteiger partial charge in [0.15, 0.2) is 11.6 Å². The van der Waals surface area contributed by atoms with Gasteiger partial charge in [-0.25, -0.2) is 4.39 Å². The molecule has 1 aromatic rings. The SMILES string of the molecule is CC[C@@H](CC(=O)O)c1cccc(O)c1F. The second-order valence-electron chi connectivity index (χ2n) is 3.38. The van der Waals surface area contributed by atoms with Crippen molar-refractivity contribution in [3.8, 4) is 5.75 Å². The van der Waals surface area contributed by atoms with Gasteiger partial charge in [-0.1, -0.05) is 19.1 Å². The van der Waals surface area contributed by atoms with E-state index in [1.54, 1.807) is 6.92 Å². The van der Waals surface area contributed by atoms with Crippen LogP contribution in [0.1, 0.15) is 31.2 Å². The van der Waals surface area contributed by atoms with Gasteiger partial charge in [0.05, 0.1) is 6.42 Å². The molecule has 0 amide bonds. The largest absolute Gasteiger partial charge is 0.505 e. The van der Waals surface area contributed by atoms with E-state index < -0.39 is 23.5 Å². The minimum Gasteiger partial charge on any atom is -0.505 e. The average molecular weight is 212 g/mol. The summed E-state index contributed by atoms with van der Waals surface area (Å²) in [5.74, 6) is -2.51. The lowest BCUT2D eigenvalue weighted by atomic mass is 9.92. The maximum Gasteiger partial charge on any atom is 0.303 e. The van der Waals surface area contributed by atoms with Crippen molar-refractivity contribution in [1.29, 1.82) is 0 Å². The van der Waals surface area contributed by atoms with E-state index in [1.807, 2.05) is 0 Å². The number of phenolic OH excluding ortho intramolecular Hbond substituents is 1. The van der Waals surface area contributed by atoms with Crippen molar-refractivity contribution in [2.24, 2.45) is 0 Å². The number of carbonyl (C=O) groups is 1. The Labute approximate surface area is 87.2 Å². The van der Waals surface area contributed by atoms with Crippen LogP contribution in [0.3, 0.4) is 0 Å². The molecule has 2 N–H and O–H groups in total. The summed E-state index contributed by atoms with van der Waals surface area (Å²) in [5.41, 5.74) is 0.264.